The Balaban J connectivity index is 1.39. The Hall–Kier alpha value is -1.46. The quantitative estimate of drug-likeness (QED) is 0.944. The maximum absolute atomic E-state index is 12.2. The van der Waals surface area contributed by atoms with E-state index in [1.807, 2.05) is 17.5 Å². The van der Waals surface area contributed by atoms with Crippen LogP contribution >= 0.6 is 11.3 Å². The van der Waals surface area contributed by atoms with Gasteiger partial charge in [0, 0.05) is 24.5 Å². The highest BCUT2D eigenvalue weighted by atomic mass is 32.1. The van der Waals surface area contributed by atoms with Crippen LogP contribution in [0.1, 0.15) is 18.5 Å². The molecule has 0 aliphatic carbocycles. The van der Waals surface area contributed by atoms with E-state index in [0.717, 1.165) is 34.8 Å². The molecule has 5 heteroatoms. The zero-order valence-corrected chi connectivity index (χ0v) is 12.7. The number of aromatic nitrogens is 1. The minimum Gasteiger partial charge on any atom is -0.352 e. The van der Waals surface area contributed by atoms with E-state index in [9.17, 15) is 4.79 Å². The van der Waals surface area contributed by atoms with Crippen molar-refractivity contribution in [2.24, 2.45) is 5.92 Å². The molecule has 110 valence electrons. The number of fused-ring (bicyclic) bond motifs is 3. The molecule has 0 radical (unpaired) electrons. The van der Waals surface area contributed by atoms with Crippen molar-refractivity contribution in [2.45, 2.75) is 25.3 Å². The summed E-state index contributed by atoms with van der Waals surface area (Å²) in [4.78, 5) is 20.3. The van der Waals surface area contributed by atoms with E-state index >= 15 is 0 Å². The standard InChI is InChI=1S/C16H19N3OS/c20-15(17-14-7-11-3-5-19(9-11)10-14)8-13-2-1-12-4-6-21-16(12)18-13/h1-2,4,6,11,14H,3,5,7-10H2,(H,17,20)/t11-,14-/m1/s1. The molecule has 1 unspecified atom stereocenters. The number of carbonyl (C=O) groups excluding carboxylic acids is 1. The Morgan fingerprint density at radius 2 is 2.33 bits per heavy atom. The van der Waals surface area contributed by atoms with Crippen molar-refractivity contribution >= 4 is 27.5 Å². The van der Waals surface area contributed by atoms with Crippen LogP contribution in [0.25, 0.3) is 10.2 Å². The number of piperidine rings is 1. The fourth-order valence-corrected chi connectivity index (χ4v) is 4.37. The molecule has 1 amide bonds. The highest BCUT2D eigenvalue weighted by molar-refractivity contribution is 7.16. The smallest absolute Gasteiger partial charge is 0.226 e. The predicted octanol–water partition coefficient (Wildman–Crippen LogP) is 2.05. The van der Waals surface area contributed by atoms with Gasteiger partial charge in [0.05, 0.1) is 12.1 Å². The molecule has 2 fully saturated rings. The first kappa shape index (κ1) is 13.2. The molecule has 0 spiro atoms. The van der Waals surface area contributed by atoms with Crippen molar-refractivity contribution in [2.75, 3.05) is 19.6 Å². The van der Waals surface area contributed by atoms with E-state index in [1.165, 1.54) is 19.5 Å². The zero-order chi connectivity index (χ0) is 14.2. The first-order valence-electron chi connectivity index (χ1n) is 7.61. The van der Waals surface area contributed by atoms with Gasteiger partial charge in [0.15, 0.2) is 0 Å². The maximum Gasteiger partial charge on any atom is 0.226 e. The van der Waals surface area contributed by atoms with Crippen molar-refractivity contribution < 1.29 is 4.79 Å². The maximum atomic E-state index is 12.2. The topological polar surface area (TPSA) is 45.2 Å². The number of nitrogens with one attached hydrogen (secondary N) is 1. The van der Waals surface area contributed by atoms with E-state index in [2.05, 4.69) is 21.3 Å². The number of thiophene rings is 1. The van der Waals surface area contributed by atoms with E-state index in [1.54, 1.807) is 11.3 Å². The summed E-state index contributed by atoms with van der Waals surface area (Å²) in [6, 6.07) is 6.39. The predicted molar refractivity (Wildman–Crippen MR) is 84.4 cm³/mol. The molecule has 4 nitrogen and oxygen atoms in total. The Kier molecular flexibility index (Phi) is 3.39. The Labute approximate surface area is 128 Å². The summed E-state index contributed by atoms with van der Waals surface area (Å²) in [5, 5.41) is 6.38. The van der Waals surface area contributed by atoms with Crippen molar-refractivity contribution in [1.29, 1.82) is 0 Å². The van der Waals surface area contributed by atoms with Gasteiger partial charge in [-0.2, -0.15) is 0 Å². The molecule has 4 heterocycles. The summed E-state index contributed by atoms with van der Waals surface area (Å²) >= 11 is 1.62. The van der Waals surface area contributed by atoms with Gasteiger partial charge in [-0.1, -0.05) is 6.07 Å². The van der Waals surface area contributed by atoms with Crippen LogP contribution in [-0.4, -0.2) is 41.5 Å². The van der Waals surface area contributed by atoms with Crippen LogP contribution in [0.15, 0.2) is 23.6 Å². The van der Waals surface area contributed by atoms with Gasteiger partial charge in [0.1, 0.15) is 4.83 Å². The zero-order valence-electron chi connectivity index (χ0n) is 11.9. The van der Waals surface area contributed by atoms with Gasteiger partial charge in [-0.3, -0.25) is 4.79 Å². The van der Waals surface area contributed by atoms with Crippen molar-refractivity contribution in [1.82, 2.24) is 15.2 Å². The fraction of sp³-hybridized carbons (Fsp3) is 0.500. The molecule has 0 aromatic carbocycles. The van der Waals surface area contributed by atoms with Gasteiger partial charge in [-0.25, -0.2) is 4.98 Å². The van der Waals surface area contributed by atoms with Crippen LogP contribution < -0.4 is 5.32 Å². The van der Waals surface area contributed by atoms with Crippen LogP contribution in [0.3, 0.4) is 0 Å². The molecule has 3 atom stereocenters. The molecule has 4 rings (SSSR count). The molecule has 2 aliphatic heterocycles. The first-order chi connectivity index (χ1) is 10.3. The minimum atomic E-state index is 0.103. The second kappa shape index (κ2) is 5.39. The summed E-state index contributed by atoms with van der Waals surface area (Å²) in [5.41, 5.74) is 0.863. The number of hydrogen-bond donors (Lipinski definition) is 1. The molecule has 2 aromatic heterocycles. The lowest BCUT2D eigenvalue weighted by atomic mass is 9.97. The minimum absolute atomic E-state index is 0.103. The van der Waals surface area contributed by atoms with Gasteiger partial charge < -0.3 is 10.2 Å². The summed E-state index contributed by atoms with van der Waals surface area (Å²) in [6.07, 6.45) is 2.82. The molecule has 2 bridgehead atoms. The second-order valence-corrected chi connectivity index (χ2v) is 7.10. The lowest BCUT2D eigenvalue weighted by Crippen LogP contribution is -2.47. The summed E-state index contributed by atoms with van der Waals surface area (Å²) in [5.74, 6) is 0.885. The molecular formula is C16H19N3OS. The largest absolute Gasteiger partial charge is 0.352 e. The van der Waals surface area contributed by atoms with Crippen LogP contribution in [0.4, 0.5) is 0 Å². The van der Waals surface area contributed by atoms with E-state index in [0.29, 0.717) is 12.5 Å². The SMILES string of the molecule is O=C(Cc1ccc2ccsc2n1)N[C@@H]1C[C@H]2CCN(C2)C1. The van der Waals surface area contributed by atoms with Crippen LogP contribution in [-0.2, 0) is 11.2 Å². The van der Waals surface area contributed by atoms with Crippen molar-refractivity contribution in [3.63, 3.8) is 0 Å². The number of rotatable bonds is 3. The normalized spacial score (nSPS) is 27.9. The molecule has 2 aliphatic rings. The molecule has 21 heavy (non-hydrogen) atoms. The van der Waals surface area contributed by atoms with Gasteiger partial charge in [0.25, 0.3) is 0 Å². The fourth-order valence-electron chi connectivity index (χ4n) is 3.59. The van der Waals surface area contributed by atoms with Crippen LogP contribution in [0.2, 0.25) is 0 Å². The van der Waals surface area contributed by atoms with E-state index in [-0.39, 0.29) is 5.91 Å². The third-order valence-electron chi connectivity index (χ3n) is 4.55. The first-order valence-corrected chi connectivity index (χ1v) is 8.49. The Bertz CT molecular complexity index is 656. The molecule has 0 saturated carbocycles. The van der Waals surface area contributed by atoms with E-state index in [4.69, 9.17) is 0 Å². The lowest BCUT2D eigenvalue weighted by molar-refractivity contribution is -0.121. The van der Waals surface area contributed by atoms with Crippen LogP contribution in [0, 0.1) is 5.92 Å². The molecule has 2 aromatic rings. The highest BCUT2D eigenvalue weighted by Crippen LogP contribution is 2.26. The molecular weight excluding hydrogens is 282 g/mol. The van der Waals surface area contributed by atoms with Gasteiger partial charge in [-0.15, -0.1) is 11.3 Å². The van der Waals surface area contributed by atoms with Crippen molar-refractivity contribution in [3.05, 3.63) is 29.3 Å². The van der Waals surface area contributed by atoms with Gasteiger partial charge >= 0.3 is 0 Å². The Morgan fingerprint density at radius 1 is 1.38 bits per heavy atom. The van der Waals surface area contributed by atoms with Crippen molar-refractivity contribution in [3.8, 4) is 0 Å². The second-order valence-electron chi connectivity index (χ2n) is 6.21. The average molecular weight is 301 g/mol. The molecule has 1 N–H and O–H groups in total. The number of amides is 1. The number of pyridine rings is 1. The monoisotopic (exact) mass is 301 g/mol. The number of hydrogen-bond acceptors (Lipinski definition) is 4. The summed E-state index contributed by atoms with van der Waals surface area (Å²) < 4.78 is 0. The van der Waals surface area contributed by atoms with Crippen LogP contribution in [0.5, 0.6) is 0 Å². The number of nitrogens with zero attached hydrogens (tertiary/aromatic N) is 2. The van der Waals surface area contributed by atoms with Gasteiger partial charge in [0.2, 0.25) is 5.91 Å². The average Bonchev–Trinajstić information content (AvgIpc) is 3.04. The highest BCUT2D eigenvalue weighted by Gasteiger charge is 2.32. The number of carbonyl (C=O) groups is 1. The lowest BCUT2D eigenvalue weighted by Gasteiger charge is -2.30. The third kappa shape index (κ3) is 2.80. The summed E-state index contributed by atoms with van der Waals surface area (Å²) in [7, 11) is 0. The third-order valence-corrected chi connectivity index (χ3v) is 5.37. The van der Waals surface area contributed by atoms with Gasteiger partial charge in [-0.05, 0) is 42.8 Å². The summed E-state index contributed by atoms with van der Waals surface area (Å²) in [6.45, 7) is 3.44. The van der Waals surface area contributed by atoms with E-state index < -0.39 is 0 Å². The Morgan fingerprint density at radius 3 is 3.24 bits per heavy atom. The molecule has 2 saturated heterocycles.